The Bertz CT molecular complexity index is 183. The Morgan fingerprint density at radius 1 is 1.40 bits per heavy atom. The third-order valence-corrected chi connectivity index (χ3v) is 1.58. The predicted molar refractivity (Wildman–Crippen MR) is 41.2 cm³/mol. The number of aliphatic hydroxyl groups excluding tert-OH is 1. The molecule has 1 aromatic rings. The molecule has 1 heteroatoms. The molecule has 0 spiro atoms. The highest BCUT2D eigenvalue weighted by atomic mass is 16.3. The second kappa shape index (κ2) is 3.28. The SMILES string of the molecule is CCc1ccccc1[CH-]O. The van der Waals surface area contributed by atoms with Crippen LogP contribution in [-0.2, 0) is 6.42 Å². The van der Waals surface area contributed by atoms with E-state index < -0.39 is 0 Å². The minimum Gasteiger partial charge on any atom is -0.429 e. The summed E-state index contributed by atoms with van der Waals surface area (Å²) < 4.78 is 0. The first-order chi connectivity index (χ1) is 4.88. The van der Waals surface area contributed by atoms with E-state index in [1.807, 2.05) is 24.3 Å². The molecule has 0 fully saturated rings. The molecule has 10 heavy (non-hydrogen) atoms. The first-order valence-electron chi connectivity index (χ1n) is 3.43. The van der Waals surface area contributed by atoms with E-state index in [4.69, 9.17) is 5.11 Å². The van der Waals surface area contributed by atoms with Gasteiger partial charge in [-0.2, -0.15) is 11.6 Å². The van der Waals surface area contributed by atoms with Crippen LogP contribution in [0.25, 0.3) is 0 Å². The largest absolute Gasteiger partial charge is 0.429 e. The van der Waals surface area contributed by atoms with Crippen molar-refractivity contribution >= 4 is 0 Å². The Hall–Kier alpha value is -0.950. The standard InChI is InChI=1S/C9H11O/c1-2-8-5-3-4-6-9(8)7-10/h3-7,10H,2H2,1H3/q-1. The number of rotatable bonds is 2. The molecule has 1 rings (SSSR count). The highest BCUT2D eigenvalue weighted by Crippen LogP contribution is 2.09. The Labute approximate surface area is 61.3 Å². The van der Waals surface area contributed by atoms with E-state index in [1.165, 1.54) is 5.56 Å². The lowest BCUT2D eigenvalue weighted by Gasteiger charge is -2.11. The summed E-state index contributed by atoms with van der Waals surface area (Å²) in [5.74, 6) is 0. The van der Waals surface area contributed by atoms with Crippen molar-refractivity contribution in [3.05, 3.63) is 42.0 Å². The summed E-state index contributed by atoms with van der Waals surface area (Å²) in [5.41, 5.74) is 2.11. The molecule has 0 atom stereocenters. The molecule has 0 aliphatic rings. The molecule has 1 nitrogen and oxygen atoms in total. The Morgan fingerprint density at radius 2 is 2.10 bits per heavy atom. The zero-order valence-electron chi connectivity index (χ0n) is 6.04. The minimum atomic E-state index is 0.921. The Morgan fingerprint density at radius 3 is 2.60 bits per heavy atom. The van der Waals surface area contributed by atoms with Gasteiger partial charge in [0.2, 0.25) is 0 Å². The van der Waals surface area contributed by atoms with Gasteiger partial charge in [0.25, 0.3) is 0 Å². The van der Waals surface area contributed by atoms with Crippen LogP contribution < -0.4 is 0 Å². The average molecular weight is 135 g/mol. The van der Waals surface area contributed by atoms with Gasteiger partial charge in [0.1, 0.15) is 0 Å². The lowest BCUT2D eigenvalue weighted by molar-refractivity contribution is 0.414. The molecule has 0 saturated carbocycles. The van der Waals surface area contributed by atoms with Crippen LogP contribution in [0.5, 0.6) is 0 Å². The highest BCUT2D eigenvalue weighted by Gasteiger charge is 1.85. The molecule has 1 N–H and O–H groups in total. The fourth-order valence-electron chi connectivity index (χ4n) is 0.982. The van der Waals surface area contributed by atoms with Crippen LogP contribution in [0.4, 0.5) is 0 Å². The highest BCUT2D eigenvalue weighted by molar-refractivity contribution is 5.30. The van der Waals surface area contributed by atoms with E-state index in [2.05, 4.69) is 6.92 Å². The van der Waals surface area contributed by atoms with E-state index in [1.54, 1.807) is 0 Å². The monoisotopic (exact) mass is 135 g/mol. The van der Waals surface area contributed by atoms with Crippen LogP contribution in [0.1, 0.15) is 18.1 Å². The molecule has 0 aliphatic heterocycles. The fraction of sp³-hybridized carbons (Fsp3) is 0.222. The zero-order chi connectivity index (χ0) is 7.40. The Balaban J connectivity index is 2.96. The summed E-state index contributed by atoms with van der Waals surface area (Å²) in [6.45, 7) is 3.22. The quantitative estimate of drug-likeness (QED) is 0.616. The van der Waals surface area contributed by atoms with E-state index >= 15 is 0 Å². The third-order valence-electron chi connectivity index (χ3n) is 1.58. The van der Waals surface area contributed by atoms with Crippen molar-refractivity contribution in [2.24, 2.45) is 0 Å². The molecule has 0 amide bonds. The molecular formula is C9H11O-. The van der Waals surface area contributed by atoms with Gasteiger partial charge in [-0.25, -0.2) is 0 Å². The smallest absolute Gasteiger partial charge is 0.0674 e. The summed E-state index contributed by atoms with van der Waals surface area (Å²) in [4.78, 5) is 0. The molecular weight excluding hydrogens is 124 g/mol. The third kappa shape index (κ3) is 1.31. The van der Waals surface area contributed by atoms with Gasteiger partial charge < -0.3 is 5.11 Å². The molecule has 0 bridgehead atoms. The Kier molecular flexibility index (Phi) is 2.35. The molecule has 0 aromatic heterocycles. The van der Waals surface area contributed by atoms with Crippen LogP contribution in [0, 0.1) is 6.61 Å². The summed E-state index contributed by atoms with van der Waals surface area (Å²) in [7, 11) is 0. The van der Waals surface area contributed by atoms with Crippen molar-refractivity contribution in [2.75, 3.05) is 0 Å². The molecule has 0 saturated heterocycles. The van der Waals surface area contributed by atoms with Crippen molar-refractivity contribution in [2.45, 2.75) is 13.3 Å². The molecule has 54 valence electrons. The first kappa shape index (κ1) is 7.16. The van der Waals surface area contributed by atoms with Gasteiger partial charge in [-0.1, -0.05) is 26.0 Å². The van der Waals surface area contributed by atoms with Gasteiger partial charge in [-0.05, 0) is 0 Å². The molecule has 0 aliphatic carbocycles. The number of hydrogen-bond donors (Lipinski definition) is 1. The summed E-state index contributed by atoms with van der Waals surface area (Å²) >= 11 is 0. The topological polar surface area (TPSA) is 20.2 Å². The van der Waals surface area contributed by atoms with Crippen LogP contribution >= 0.6 is 0 Å². The zero-order valence-corrected chi connectivity index (χ0v) is 6.04. The van der Waals surface area contributed by atoms with Gasteiger partial charge in [-0.15, -0.1) is 17.7 Å². The fourth-order valence-corrected chi connectivity index (χ4v) is 0.982. The molecule has 0 heterocycles. The van der Waals surface area contributed by atoms with Gasteiger partial charge in [0.05, 0.1) is 0 Å². The molecule has 1 aromatic carbocycles. The van der Waals surface area contributed by atoms with Crippen LogP contribution in [0.15, 0.2) is 24.3 Å². The van der Waals surface area contributed by atoms with Gasteiger partial charge >= 0.3 is 0 Å². The summed E-state index contributed by atoms with van der Waals surface area (Å²) in [6.07, 6.45) is 0.966. The van der Waals surface area contributed by atoms with E-state index in [0.29, 0.717) is 0 Å². The first-order valence-corrected chi connectivity index (χ1v) is 3.43. The number of hydrogen-bond acceptors (Lipinski definition) is 1. The lowest BCUT2D eigenvalue weighted by atomic mass is 10.1. The minimum absolute atomic E-state index is 0.921. The maximum absolute atomic E-state index is 8.72. The van der Waals surface area contributed by atoms with E-state index in [0.717, 1.165) is 18.6 Å². The van der Waals surface area contributed by atoms with Gasteiger partial charge in [-0.3, -0.25) is 0 Å². The molecule has 0 radical (unpaired) electrons. The van der Waals surface area contributed by atoms with E-state index in [-0.39, 0.29) is 0 Å². The van der Waals surface area contributed by atoms with Gasteiger partial charge in [0, 0.05) is 0 Å². The average Bonchev–Trinajstić information content (AvgIpc) is 2.04. The van der Waals surface area contributed by atoms with Crippen molar-refractivity contribution in [3.8, 4) is 0 Å². The predicted octanol–water partition coefficient (Wildman–Crippen LogP) is 2.13. The normalized spacial score (nSPS) is 9.40. The van der Waals surface area contributed by atoms with Crippen LogP contribution in [-0.4, -0.2) is 5.11 Å². The lowest BCUT2D eigenvalue weighted by Crippen LogP contribution is -1.88. The van der Waals surface area contributed by atoms with Crippen molar-refractivity contribution < 1.29 is 5.11 Å². The van der Waals surface area contributed by atoms with Gasteiger partial charge in [0.15, 0.2) is 0 Å². The second-order valence-electron chi connectivity index (χ2n) is 2.18. The summed E-state index contributed by atoms with van der Waals surface area (Å²) in [6, 6.07) is 7.81. The maximum atomic E-state index is 8.72. The summed E-state index contributed by atoms with van der Waals surface area (Å²) in [5, 5.41) is 8.72. The van der Waals surface area contributed by atoms with Crippen molar-refractivity contribution in [3.63, 3.8) is 0 Å². The second-order valence-corrected chi connectivity index (χ2v) is 2.18. The maximum Gasteiger partial charge on any atom is -0.0674 e. The van der Waals surface area contributed by atoms with Crippen LogP contribution in [0.2, 0.25) is 0 Å². The number of aryl methyl sites for hydroxylation is 1. The number of aliphatic hydroxyl groups is 1. The number of benzene rings is 1. The van der Waals surface area contributed by atoms with Crippen LogP contribution in [0.3, 0.4) is 0 Å². The van der Waals surface area contributed by atoms with E-state index in [9.17, 15) is 0 Å². The van der Waals surface area contributed by atoms with Crippen molar-refractivity contribution in [1.29, 1.82) is 0 Å². The molecule has 0 unspecified atom stereocenters. The van der Waals surface area contributed by atoms with Crippen molar-refractivity contribution in [1.82, 2.24) is 0 Å².